The Kier molecular flexibility index (Phi) is 3.66. The van der Waals surface area contributed by atoms with E-state index in [9.17, 15) is 0 Å². The molecule has 3 nitrogen and oxygen atoms in total. The van der Waals surface area contributed by atoms with Gasteiger partial charge in [-0.15, -0.1) is 0 Å². The van der Waals surface area contributed by atoms with E-state index in [4.69, 9.17) is 4.74 Å². The number of aromatic nitrogens is 2. The molecule has 0 N–H and O–H groups in total. The van der Waals surface area contributed by atoms with Crippen LogP contribution in [0.3, 0.4) is 0 Å². The van der Waals surface area contributed by atoms with Crippen molar-refractivity contribution >= 4 is 0 Å². The fraction of sp³-hybridized carbons (Fsp3) is 0.667. The van der Waals surface area contributed by atoms with Crippen molar-refractivity contribution in [2.45, 2.75) is 40.5 Å². The summed E-state index contributed by atoms with van der Waals surface area (Å²) in [6.45, 7) is 11.2. The van der Waals surface area contributed by atoms with Crippen molar-refractivity contribution in [3.05, 3.63) is 18.1 Å². The number of rotatable bonds is 3. The maximum Gasteiger partial charge on any atom is 0.232 e. The second kappa shape index (κ2) is 4.60. The average molecular weight is 208 g/mol. The highest BCUT2D eigenvalue weighted by atomic mass is 16.5. The van der Waals surface area contributed by atoms with Crippen LogP contribution in [0.1, 0.15) is 46.2 Å². The summed E-state index contributed by atoms with van der Waals surface area (Å²) in [5.74, 6) is 1.01. The summed E-state index contributed by atoms with van der Waals surface area (Å²) in [5, 5.41) is 0. The van der Waals surface area contributed by atoms with Crippen molar-refractivity contribution in [2.75, 3.05) is 6.61 Å². The summed E-state index contributed by atoms with van der Waals surface area (Å²) in [7, 11) is 0. The minimum atomic E-state index is 0.148. The topological polar surface area (TPSA) is 35.0 Å². The summed E-state index contributed by atoms with van der Waals surface area (Å²) >= 11 is 0. The molecule has 0 fully saturated rings. The summed E-state index contributed by atoms with van der Waals surface area (Å²) in [6.07, 6.45) is 3.45. The van der Waals surface area contributed by atoms with Gasteiger partial charge in [0.25, 0.3) is 0 Å². The van der Waals surface area contributed by atoms with Crippen LogP contribution in [0, 0.1) is 5.41 Å². The average Bonchev–Trinajstić information content (AvgIpc) is 2.14. The second-order valence-corrected chi connectivity index (χ2v) is 5.29. The van der Waals surface area contributed by atoms with Crippen molar-refractivity contribution in [1.29, 1.82) is 0 Å². The molecular weight excluding hydrogens is 188 g/mol. The Morgan fingerprint density at radius 1 is 1.27 bits per heavy atom. The number of hydrogen-bond acceptors (Lipinski definition) is 3. The molecule has 0 aliphatic rings. The standard InChI is InChI=1S/C12H20N2O/c1-9(2)10-6-13-7-11(14-10)15-8-12(3,4)5/h6-7,9H,8H2,1-5H3. The summed E-state index contributed by atoms with van der Waals surface area (Å²) in [5.41, 5.74) is 1.12. The zero-order valence-electron chi connectivity index (χ0n) is 10.2. The largest absolute Gasteiger partial charge is 0.476 e. The zero-order chi connectivity index (χ0) is 11.5. The molecule has 0 aromatic carbocycles. The first-order valence-corrected chi connectivity index (χ1v) is 5.33. The van der Waals surface area contributed by atoms with Crippen molar-refractivity contribution in [3.8, 4) is 5.88 Å². The zero-order valence-corrected chi connectivity index (χ0v) is 10.2. The van der Waals surface area contributed by atoms with Crippen molar-refractivity contribution < 1.29 is 4.74 Å². The van der Waals surface area contributed by atoms with E-state index in [1.165, 1.54) is 0 Å². The molecule has 0 bridgehead atoms. The van der Waals surface area contributed by atoms with Gasteiger partial charge in [-0.1, -0.05) is 34.6 Å². The lowest BCUT2D eigenvalue weighted by Crippen LogP contribution is -2.17. The maximum absolute atomic E-state index is 5.59. The van der Waals surface area contributed by atoms with Crippen LogP contribution in [0.5, 0.6) is 5.88 Å². The van der Waals surface area contributed by atoms with Crippen LogP contribution in [-0.4, -0.2) is 16.6 Å². The highest BCUT2D eigenvalue weighted by Crippen LogP contribution is 2.17. The van der Waals surface area contributed by atoms with E-state index < -0.39 is 0 Å². The molecule has 15 heavy (non-hydrogen) atoms. The van der Waals surface area contributed by atoms with Crippen LogP contribution in [-0.2, 0) is 0 Å². The van der Waals surface area contributed by atoms with E-state index >= 15 is 0 Å². The van der Waals surface area contributed by atoms with Crippen LogP contribution in [0.15, 0.2) is 12.4 Å². The lowest BCUT2D eigenvalue weighted by atomic mass is 9.99. The molecule has 0 spiro atoms. The predicted octanol–water partition coefficient (Wildman–Crippen LogP) is 3.02. The van der Waals surface area contributed by atoms with Gasteiger partial charge in [0.15, 0.2) is 0 Å². The third kappa shape index (κ3) is 4.28. The van der Waals surface area contributed by atoms with Crippen LogP contribution in [0.2, 0.25) is 0 Å². The van der Waals surface area contributed by atoms with Crippen molar-refractivity contribution in [2.24, 2.45) is 5.41 Å². The first kappa shape index (κ1) is 12.0. The molecule has 0 saturated heterocycles. The molecule has 0 aliphatic carbocycles. The molecule has 0 unspecified atom stereocenters. The molecule has 3 heteroatoms. The van der Waals surface area contributed by atoms with Gasteiger partial charge in [0, 0.05) is 6.20 Å². The van der Waals surface area contributed by atoms with Gasteiger partial charge in [0.2, 0.25) is 5.88 Å². The van der Waals surface area contributed by atoms with E-state index in [0.29, 0.717) is 18.4 Å². The Morgan fingerprint density at radius 2 is 1.93 bits per heavy atom. The molecule has 0 aliphatic heterocycles. The molecule has 1 heterocycles. The van der Waals surface area contributed by atoms with Gasteiger partial charge in [-0.2, -0.15) is 0 Å². The monoisotopic (exact) mass is 208 g/mol. The smallest absolute Gasteiger partial charge is 0.232 e. The summed E-state index contributed by atoms with van der Waals surface area (Å²) in [4.78, 5) is 8.51. The molecule has 1 aromatic rings. The molecule has 0 radical (unpaired) electrons. The van der Waals surface area contributed by atoms with E-state index in [2.05, 4.69) is 44.6 Å². The fourth-order valence-electron chi connectivity index (χ4n) is 1.00. The lowest BCUT2D eigenvalue weighted by molar-refractivity contribution is 0.190. The molecular formula is C12H20N2O. The van der Waals surface area contributed by atoms with Crippen LogP contribution in [0.4, 0.5) is 0 Å². The van der Waals surface area contributed by atoms with E-state index in [1.807, 2.05) is 0 Å². The predicted molar refractivity (Wildman–Crippen MR) is 61.1 cm³/mol. The van der Waals surface area contributed by atoms with Gasteiger partial charge in [-0.3, -0.25) is 4.98 Å². The first-order chi connectivity index (χ1) is 6.88. The molecule has 1 aromatic heterocycles. The molecule has 84 valence electrons. The number of hydrogen-bond donors (Lipinski definition) is 0. The fourth-order valence-corrected chi connectivity index (χ4v) is 1.00. The van der Waals surface area contributed by atoms with Crippen LogP contribution >= 0.6 is 0 Å². The molecule has 0 atom stereocenters. The van der Waals surface area contributed by atoms with Gasteiger partial charge in [-0.05, 0) is 11.3 Å². The van der Waals surface area contributed by atoms with Crippen molar-refractivity contribution in [1.82, 2.24) is 9.97 Å². The molecule has 1 rings (SSSR count). The van der Waals surface area contributed by atoms with Gasteiger partial charge in [-0.25, -0.2) is 4.98 Å². The second-order valence-electron chi connectivity index (χ2n) is 5.29. The normalized spacial score (nSPS) is 11.9. The Bertz CT molecular complexity index is 316. The third-order valence-corrected chi connectivity index (χ3v) is 1.88. The van der Waals surface area contributed by atoms with Gasteiger partial charge in [0.1, 0.15) is 0 Å². The van der Waals surface area contributed by atoms with E-state index in [0.717, 1.165) is 5.69 Å². The highest BCUT2D eigenvalue weighted by Gasteiger charge is 2.12. The SMILES string of the molecule is CC(C)c1cncc(OCC(C)(C)C)n1. The Morgan fingerprint density at radius 3 is 2.47 bits per heavy atom. The lowest BCUT2D eigenvalue weighted by Gasteiger charge is -2.18. The number of nitrogens with zero attached hydrogens (tertiary/aromatic N) is 2. The van der Waals surface area contributed by atoms with Gasteiger partial charge in [0.05, 0.1) is 18.5 Å². The number of ether oxygens (including phenoxy) is 1. The summed E-state index contributed by atoms with van der Waals surface area (Å²) in [6, 6.07) is 0. The van der Waals surface area contributed by atoms with Crippen LogP contribution < -0.4 is 4.74 Å². The van der Waals surface area contributed by atoms with E-state index in [1.54, 1.807) is 12.4 Å². The highest BCUT2D eigenvalue weighted by molar-refractivity contribution is 5.10. The quantitative estimate of drug-likeness (QED) is 0.765. The minimum absolute atomic E-state index is 0.148. The molecule has 0 amide bonds. The first-order valence-electron chi connectivity index (χ1n) is 5.33. The molecule has 0 saturated carbocycles. The van der Waals surface area contributed by atoms with E-state index in [-0.39, 0.29) is 5.41 Å². The minimum Gasteiger partial charge on any atom is -0.476 e. The third-order valence-electron chi connectivity index (χ3n) is 1.88. The Labute approximate surface area is 91.9 Å². The van der Waals surface area contributed by atoms with Crippen molar-refractivity contribution in [3.63, 3.8) is 0 Å². The Hall–Kier alpha value is -1.12. The maximum atomic E-state index is 5.59. The van der Waals surface area contributed by atoms with Crippen LogP contribution in [0.25, 0.3) is 0 Å². The van der Waals surface area contributed by atoms with Gasteiger partial charge < -0.3 is 4.74 Å². The Balaban J connectivity index is 2.66. The summed E-state index contributed by atoms with van der Waals surface area (Å²) < 4.78 is 5.59. The van der Waals surface area contributed by atoms with Gasteiger partial charge >= 0.3 is 0 Å².